The van der Waals surface area contributed by atoms with Gasteiger partial charge in [-0.15, -0.1) is 0 Å². The zero-order valence-corrected chi connectivity index (χ0v) is 18.8. The summed E-state index contributed by atoms with van der Waals surface area (Å²) in [5.74, 6) is -1.37. The van der Waals surface area contributed by atoms with Gasteiger partial charge in [0, 0.05) is 26.1 Å². The lowest BCUT2D eigenvalue weighted by molar-refractivity contribution is -0.136. The third kappa shape index (κ3) is 4.41. The van der Waals surface area contributed by atoms with E-state index in [9.17, 15) is 19.2 Å². The van der Waals surface area contributed by atoms with Gasteiger partial charge in [0.1, 0.15) is 18.4 Å². The normalized spacial score (nSPS) is 25.3. The van der Waals surface area contributed by atoms with Crippen LogP contribution in [0.5, 0.6) is 5.75 Å². The van der Waals surface area contributed by atoms with Crippen LogP contribution in [0.15, 0.2) is 42.0 Å². The molecule has 178 valence electrons. The third-order valence-corrected chi connectivity index (χ3v) is 6.69. The highest BCUT2D eigenvalue weighted by Gasteiger charge is 2.46. The molecule has 0 aromatic heterocycles. The molecule has 9 nitrogen and oxygen atoms in total. The molecule has 34 heavy (non-hydrogen) atoms. The fourth-order valence-electron chi connectivity index (χ4n) is 4.83. The molecule has 4 amide bonds. The number of carbonyl (C=O) groups excluding carboxylic acids is 4. The van der Waals surface area contributed by atoms with Crippen molar-refractivity contribution in [3.8, 4) is 5.75 Å². The number of hydrogen-bond acceptors (Lipinski definition) is 7. The average molecular weight is 466 g/mol. The van der Waals surface area contributed by atoms with Crippen molar-refractivity contribution < 1.29 is 28.7 Å². The van der Waals surface area contributed by atoms with Crippen LogP contribution in [0.25, 0.3) is 0 Å². The molecular weight excluding hydrogens is 438 g/mol. The number of ether oxygens (including phenoxy) is 2. The molecule has 5 rings (SSSR count). The monoisotopic (exact) mass is 465 g/mol. The predicted molar refractivity (Wildman–Crippen MR) is 121 cm³/mol. The standard InChI is InChI=1S/C25H27N3O6/c29-21-9-8-19(23(30)26-21)28-24(31)18-2-1-3-20(22(18)25(28)32)34-15-17-6-4-16(5-7-17)14-27-10-12-33-13-11-27/h1-4,6-7,16,19H,5,8-15H2,(H,26,29,30). The highest BCUT2D eigenvalue weighted by atomic mass is 16.5. The molecule has 0 radical (unpaired) electrons. The topological polar surface area (TPSA) is 105 Å². The fraction of sp³-hybridized carbons (Fsp3) is 0.440. The van der Waals surface area contributed by atoms with Crippen LogP contribution in [0.1, 0.15) is 40.0 Å². The SMILES string of the molecule is O=C1CCC(N2C(=O)c3cccc(OCC4=CCC(CN5CCOCC5)C=C4)c3C2=O)C(=O)N1. The van der Waals surface area contributed by atoms with Gasteiger partial charge in [0.25, 0.3) is 11.8 Å². The van der Waals surface area contributed by atoms with E-state index in [0.29, 0.717) is 11.7 Å². The van der Waals surface area contributed by atoms with Crippen LogP contribution < -0.4 is 10.1 Å². The van der Waals surface area contributed by atoms with Crippen molar-refractivity contribution >= 4 is 23.6 Å². The second-order valence-corrected chi connectivity index (χ2v) is 8.96. The maximum atomic E-state index is 13.2. The Bertz CT molecular complexity index is 1090. The Labute approximate surface area is 197 Å². The quantitative estimate of drug-likeness (QED) is 0.632. The molecule has 3 aliphatic heterocycles. The van der Waals surface area contributed by atoms with Gasteiger partial charge in [-0.3, -0.25) is 34.3 Å². The van der Waals surface area contributed by atoms with Crippen molar-refractivity contribution in [1.82, 2.24) is 15.1 Å². The van der Waals surface area contributed by atoms with Gasteiger partial charge in [-0.05, 0) is 36.5 Å². The Kier molecular flexibility index (Phi) is 6.30. The number of rotatable bonds is 6. The van der Waals surface area contributed by atoms with Gasteiger partial charge in [-0.1, -0.05) is 24.3 Å². The zero-order chi connectivity index (χ0) is 23.7. The number of carbonyl (C=O) groups is 4. The second-order valence-electron chi connectivity index (χ2n) is 8.96. The molecule has 1 aromatic carbocycles. The minimum atomic E-state index is -0.995. The molecule has 3 heterocycles. The van der Waals surface area contributed by atoms with E-state index in [1.807, 2.05) is 0 Å². The van der Waals surface area contributed by atoms with Gasteiger partial charge < -0.3 is 9.47 Å². The number of nitrogens with one attached hydrogen (secondary N) is 1. The number of morpholine rings is 1. The first-order chi connectivity index (χ1) is 16.5. The van der Waals surface area contributed by atoms with Crippen LogP contribution in [-0.2, 0) is 14.3 Å². The number of amides is 4. The number of piperidine rings is 1. The van der Waals surface area contributed by atoms with Crippen molar-refractivity contribution in [2.75, 3.05) is 39.5 Å². The lowest BCUT2D eigenvalue weighted by Crippen LogP contribution is -2.54. The molecule has 2 atom stereocenters. The third-order valence-electron chi connectivity index (χ3n) is 6.69. The lowest BCUT2D eigenvalue weighted by atomic mass is 9.96. The maximum absolute atomic E-state index is 13.2. The summed E-state index contributed by atoms with van der Waals surface area (Å²) in [5, 5.41) is 2.21. The van der Waals surface area contributed by atoms with Crippen molar-refractivity contribution in [2.24, 2.45) is 5.92 Å². The first-order valence-corrected chi connectivity index (χ1v) is 11.7. The average Bonchev–Trinajstić information content (AvgIpc) is 3.10. The van der Waals surface area contributed by atoms with Crippen LogP contribution in [-0.4, -0.2) is 78.9 Å². The van der Waals surface area contributed by atoms with Crippen LogP contribution >= 0.6 is 0 Å². The Hall–Kier alpha value is -3.30. The summed E-state index contributed by atoms with van der Waals surface area (Å²) in [6.07, 6.45) is 7.52. The molecule has 0 spiro atoms. The van der Waals surface area contributed by atoms with Crippen LogP contribution in [0.2, 0.25) is 0 Å². The molecule has 1 aliphatic carbocycles. The molecule has 9 heteroatoms. The van der Waals surface area contributed by atoms with Gasteiger partial charge in [-0.2, -0.15) is 0 Å². The summed E-state index contributed by atoms with van der Waals surface area (Å²) in [6.45, 7) is 4.78. The first kappa shape index (κ1) is 22.5. The largest absolute Gasteiger partial charge is 0.488 e. The van der Waals surface area contributed by atoms with Crippen LogP contribution in [0.4, 0.5) is 0 Å². The number of fused-ring (bicyclic) bond motifs is 1. The highest BCUT2D eigenvalue weighted by molar-refractivity contribution is 6.24. The number of hydrogen-bond donors (Lipinski definition) is 1. The highest BCUT2D eigenvalue weighted by Crippen LogP contribution is 2.34. The molecular formula is C25H27N3O6. The van der Waals surface area contributed by atoms with E-state index in [1.54, 1.807) is 18.2 Å². The van der Waals surface area contributed by atoms with E-state index in [4.69, 9.17) is 9.47 Å². The van der Waals surface area contributed by atoms with E-state index in [0.717, 1.165) is 49.7 Å². The van der Waals surface area contributed by atoms with Gasteiger partial charge in [0.05, 0.1) is 24.3 Å². The van der Waals surface area contributed by atoms with E-state index in [2.05, 4.69) is 28.4 Å². The molecule has 1 aromatic rings. The van der Waals surface area contributed by atoms with Crippen molar-refractivity contribution in [1.29, 1.82) is 0 Å². The molecule has 1 N–H and O–H groups in total. The minimum Gasteiger partial charge on any atom is -0.488 e. The summed E-state index contributed by atoms with van der Waals surface area (Å²) in [6, 6.07) is 3.89. The second kappa shape index (κ2) is 9.52. The van der Waals surface area contributed by atoms with Gasteiger partial charge >= 0.3 is 0 Å². The van der Waals surface area contributed by atoms with Crippen LogP contribution in [0.3, 0.4) is 0 Å². The van der Waals surface area contributed by atoms with E-state index < -0.39 is 29.7 Å². The van der Waals surface area contributed by atoms with E-state index >= 15 is 0 Å². The summed E-state index contributed by atoms with van der Waals surface area (Å²) >= 11 is 0. The predicted octanol–water partition coefficient (Wildman–Crippen LogP) is 1.30. The Morgan fingerprint density at radius 3 is 2.65 bits per heavy atom. The number of allylic oxidation sites excluding steroid dienone is 1. The zero-order valence-electron chi connectivity index (χ0n) is 18.8. The Morgan fingerprint density at radius 1 is 1.09 bits per heavy atom. The molecule has 0 bridgehead atoms. The van der Waals surface area contributed by atoms with Gasteiger partial charge in [0.2, 0.25) is 11.8 Å². The summed E-state index contributed by atoms with van der Waals surface area (Å²) < 4.78 is 11.4. The van der Waals surface area contributed by atoms with Crippen molar-refractivity contribution in [3.05, 3.63) is 53.1 Å². The molecule has 2 unspecified atom stereocenters. The Balaban J connectivity index is 1.23. The summed E-state index contributed by atoms with van der Waals surface area (Å²) in [5.41, 5.74) is 1.39. The molecule has 0 saturated carbocycles. The van der Waals surface area contributed by atoms with Crippen LogP contribution in [0, 0.1) is 5.92 Å². The maximum Gasteiger partial charge on any atom is 0.266 e. The summed E-state index contributed by atoms with van der Waals surface area (Å²) in [7, 11) is 0. The molecule has 2 saturated heterocycles. The fourth-order valence-corrected chi connectivity index (χ4v) is 4.83. The van der Waals surface area contributed by atoms with Gasteiger partial charge in [0.15, 0.2) is 0 Å². The smallest absolute Gasteiger partial charge is 0.266 e. The van der Waals surface area contributed by atoms with E-state index in [1.165, 1.54) is 0 Å². The molecule has 4 aliphatic rings. The van der Waals surface area contributed by atoms with Crippen molar-refractivity contribution in [3.63, 3.8) is 0 Å². The number of benzene rings is 1. The number of nitrogens with zero attached hydrogens (tertiary/aromatic N) is 2. The Morgan fingerprint density at radius 2 is 1.91 bits per heavy atom. The number of imide groups is 2. The summed E-state index contributed by atoms with van der Waals surface area (Å²) in [4.78, 5) is 53.2. The van der Waals surface area contributed by atoms with Gasteiger partial charge in [-0.25, -0.2) is 0 Å². The van der Waals surface area contributed by atoms with E-state index in [-0.39, 0.29) is 30.6 Å². The lowest BCUT2D eigenvalue weighted by Gasteiger charge is -2.30. The first-order valence-electron chi connectivity index (χ1n) is 11.7. The minimum absolute atomic E-state index is 0.0835. The molecule has 2 fully saturated rings. The van der Waals surface area contributed by atoms with Crippen molar-refractivity contribution in [2.45, 2.75) is 25.3 Å².